The Morgan fingerprint density at radius 1 is 1.20 bits per heavy atom. The molecule has 0 saturated carbocycles. The van der Waals surface area contributed by atoms with E-state index >= 15 is 0 Å². The van der Waals surface area contributed by atoms with E-state index in [2.05, 4.69) is 24.3 Å². The fourth-order valence-electron chi connectivity index (χ4n) is 0.393. The van der Waals surface area contributed by atoms with Gasteiger partial charge in [-0.3, -0.25) is 0 Å². The summed E-state index contributed by atoms with van der Waals surface area (Å²) in [4.78, 5) is 0. The molecule has 1 nitrogen and oxygen atoms in total. The van der Waals surface area contributed by atoms with Gasteiger partial charge in [0.1, 0.15) is 0 Å². The molecule has 0 amide bonds. The molecule has 0 aromatic carbocycles. The van der Waals surface area contributed by atoms with Crippen LogP contribution in [0, 0.1) is 0 Å². The molecule has 1 aliphatic carbocycles. The third-order valence-corrected chi connectivity index (χ3v) is 0.655. The van der Waals surface area contributed by atoms with Crippen LogP contribution < -0.4 is 0 Å². The van der Waals surface area contributed by atoms with Crippen LogP contribution in [0.5, 0.6) is 0 Å². The molecule has 58 valence electrons. The molecule has 1 N–H and O–H groups in total. The Bertz CT molecular complexity index is 83.7. The molecular formula is C6H10Cl2OZr. The SMILES string of the molecule is C1=CCC=C1.CO.[Cl][Zr][Cl]. The summed E-state index contributed by atoms with van der Waals surface area (Å²) >= 11 is -0.826. The van der Waals surface area contributed by atoms with Crippen LogP contribution in [0.15, 0.2) is 24.3 Å². The minimum atomic E-state index is -0.826. The van der Waals surface area contributed by atoms with Gasteiger partial charge >= 0.3 is 37.9 Å². The third kappa shape index (κ3) is 16.0. The van der Waals surface area contributed by atoms with Crippen LogP contribution in [0.3, 0.4) is 0 Å². The first kappa shape index (κ1) is 13.5. The summed E-state index contributed by atoms with van der Waals surface area (Å²) < 4.78 is 0. The first-order valence-electron chi connectivity index (χ1n) is 2.64. The molecule has 0 unspecified atom stereocenters. The van der Waals surface area contributed by atoms with Crippen molar-refractivity contribution in [2.24, 2.45) is 0 Å². The molecular weight excluding hydrogens is 250 g/mol. The zero-order valence-electron chi connectivity index (χ0n) is 5.72. The van der Waals surface area contributed by atoms with Gasteiger partial charge in [-0.15, -0.1) is 0 Å². The number of halogens is 2. The van der Waals surface area contributed by atoms with Crippen LogP contribution in [-0.4, -0.2) is 12.2 Å². The topological polar surface area (TPSA) is 20.2 Å². The van der Waals surface area contributed by atoms with E-state index in [-0.39, 0.29) is 0 Å². The number of aliphatic hydroxyl groups is 1. The standard InChI is InChI=1S/C5H6.CH4O.2ClH.Zr/c1-2-4-5-3-1;1-2;;;/h1-4H,5H2;2H,1H3;2*1H;/q;;;;+2/p-2. The van der Waals surface area contributed by atoms with Gasteiger partial charge in [0.15, 0.2) is 0 Å². The summed E-state index contributed by atoms with van der Waals surface area (Å²) in [5.41, 5.74) is 0. The third-order valence-electron chi connectivity index (χ3n) is 0.655. The molecule has 1 rings (SSSR count). The molecule has 0 fully saturated rings. The van der Waals surface area contributed by atoms with Crippen LogP contribution in [0.25, 0.3) is 0 Å². The van der Waals surface area contributed by atoms with E-state index in [4.69, 9.17) is 22.1 Å². The van der Waals surface area contributed by atoms with Crippen LogP contribution in [0.4, 0.5) is 0 Å². The van der Waals surface area contributed by atoms with Crippen LogP contribution in [0.2, 0.25) is 0 Å². The molecule has 1 aliphatic rings. The maximum absolute atomic E-state index is 7.00. The molecule has 0 spiro atoms. The Morgan fingerprint density at radius 3 is 1.60 bits per heavy atom. The van der Waals surface area contributed by atoms with Crippen molar-refractivity contribution >= 4 is 17.0 Å². The van der Waals surface area contributed by atoms with Gasteiger partial charge in [-0.1, -0.05) is 24.3 Å². The number of allylic oxidation sites excluding steroid dienone is 4. The number of rotatable bonds is 0. The number of aliphatic hydroxyl groups excluding tert-OH is 1. The second-order valence-corrected chi connectivity index (χ2v) is 4.90. The van der Waals surface area contributed by atoms with Gasteiger partial charge in [-0.05, 0) is 6.42 Å². The summed E-state index contributed by atoms with van der Waals surface area (Å²) in [5, 5.41) is 7.00. The predicted octanol–water partition coefficient (Wildman–Crippen LogP) is 2.49. The van der Waals surface area contributed by atoms with Gasteiger partial charge in [-0.25, -0.2) is 0 Å². The molecule has 4 heteroatoms. The van der Waals surface area contributed by atoms with E-state index in [1.165, 1.54) is 0 Å². The van der Waals surface area contributed by atoms with Gasteiger partial charge in [0.05, 0.1) is 0 Å². The van der Waals surface area contributed by atoms with E-state index in [0.29, 0.717) is 0 Å². The molecule has 0 bridgehead atoms. The van der Waals surface area contributed by atoms with Crippen molar-refractivity contribution in [1.29, 1.82) is 0 Å². The Morgan fingerprint density at radius 2 is 1.50 bits per heavy atom. The van der Waals surface area contributed by atoms with Crippen LogP contribution >= 0.6 is 17.0 Å². The number of hydrogen-bond acceptors (Lipinski definition) is 1. The quantitative estimate of drug-likeness (QED) is 0.709. The second-order valence-electron chi connectivity index (χ2n) is 1.16. The normalized spacial score (nSPS) is 10.8. The molecule has 0 aromatic heterocycles. The van der Waals surface area contributed by atoms with Gasteiger partial charge in [0.2, 0.25) is 0 Å². The summed E-state index contributed by atoms with van der Waals surface area (Å²) in [6.45, 7) is 0. The summed E-state index contributed by atoms with van der Waals surface area (Å²) in [5.74, 6) is 0. The minimum absolute atomic E-state index is 0.826. The predicted molar refractivity (Wildman–Crippen MR) is 42.7 cm³/mol. The first-order valence-corrected chi connectivity index (χ1v) is 8.97. The summed E-state index contributed by atoms with van der Waals surface area (Å²) in [7, 11) is 10.9. The van der Waals surface area contributed by atoms with Crippen molar-refractivity contribution in [2.75, 3.05) is 7.11 Å². The van der Waals surface area contributed by atoms with E-state index in [9.17, 15) is 0 Å². The summed E-state index contributed by atoms with van der Waals surface area (Å²) in [6.07, 6.45) is 9.50. The molecule has 0 aromatic rings. The fraction of sp³-hybridized carbons (Fsp3) is 0.333. The number of hydrogen-bond donors (Lipinski definition) is 1. The van der Waals surface area contributed by atoms with E-state index in [1.54, 1.807) is 0 Å². The Balaban J connectivity index is 0. The van der Waals surface area contributed by atoms with Crippen molar-refractivity contribution in [2.45, 2.75) is 6.42 Å². The van der Waals surface area contributed by atoms with E-state index < -0.39 is 20.8 Å². The Kier molecular flexibility index (Phi) is 22.2. The monoisotopic (exact) mass is 258 g/mol. The molecule has 10 heavy (non-hydrogen) atoms. The summed E-state index contributed by atoms with van der Waals surface area (Å²) in [6, 6.07) is 0. The molecule has 0 saturated heterocycles. The maximum atomic E-state index is 7.00. The van der Waals surface area contributed by atoms with Crippen molar-refractivity contribution in [3.05, 3.63) is 24.3 Å². The zero-order valence-corrected chi connectivity index (χ0v) is 9.69. The first-order chi connectivity index (χ1) is 4.91. The molecule has 0 heterocycles. The van der Waals surface area contributed by atoms with Crippen molar-refractivity contribution < 1.29 is 26.0 Å². The van der Waals surface area contributed by atoms with Gasteiger partial charge in [0, 0.05) is 7.11 Å². The second kappa shape index (κ2) is 16.5. The van der Waals surface area contributed by atoms with Crippen molar-refractivity contribution in [3.63, 3.8) is 0 Å². The van der Waals surface area contributed by atoms with Gasteiger partial charge in [-0.2, -0.15) is 0 Å². The Hall–Kier alpha value is 0.903. The average molecular weight is 260 g/mol. The van der Waals surface area contributed by atoms with E-state index in [1.807, 2.05) is 0 Å². The van der Waals surface area contributed by atoms with E-state index in [0.717, 1.165) is 13.5 Å². The molecule has 0 atom stereocenters. The van der Waals surface area contributed by atoms with Gasteiger partial charge < -0.3 is 5.11 Å². The van der Waals surface area contributed by atoms with Crippen molar-refractivity contribution in [1.82, 2.24) is 0 Å². The average Bonchev–Trinajstić information content (AvgIpc) is 2.48. The van der Waals surface area contributed by atoms with Crippen molar-refractivity contribution in [3.8, 4) is 0 Å². The van der Waals surface area contributed by atoms with Crippen LogP contribution in [0.1, 0.15) is 6.42 Å². The Labute approximate surface area is 80.4 Å². The zero-order chi connectivity index (χ0) is 8.24. The molecule has 0 radical (unpaired) electrons. The van der Waals surface area contributed by atoms with Crippen LogP contribution in [-0.2, 0) is 20.8 Å². The fourth-order valence-corrected chi connectivity index (χ4v) is 0.393. The van der Waals surface area contributed by atoms with Gasteiger partial charge in [0.25, 0.3) is 0 Å². The molecule has 0 aliphatic heterocycles.